The van der Waals surface area contributed by atoms with Gasteiger partial charge in [-0.2, -0.15) is 0 Å². The van der Waals surface area contributed by atoms with E-state index in [0.29, 0.717) is 11.0 Å². The Hall–Kier alpha value is -0.540. The van der Waals surface area contributed by atoms with Crippen LogP contribution >= 0.6 is 11.6 Å². The number of nitrogens with zero attached hydrogens (tertiary/aromatic N) is 1. The van der Waals surface area contributed by atoms with E-state index in [9.17, 15) is 0 Å². The van der Waals surface area contributed by atoms with Crippen molar-refractivity contribution in [3.05, 3.63) is 17.3 Å². The summed E-state index contributed by atoms with van der Waals surface area (Å²) in [5.41, 5.74) is 5.25. The first-order chi connectivity index (χ1) is 3.79. The smallest absolute Gasteiger partial charge is 0.290 e. The van der Waals surface area contributed by atoms with Gasteiger partial charge in [0.1, 0.15) is 0 Å². The molecule has 0 amide bonds. The lowest BCUT2D eigenvalue weighted by molar-refractivity contribution is -0.438. The molecule has 0 aliphatic rings. The topological polar surface area (TPSA) is 53.0 Å². The fourth-order valence-corrected chi connectivity index (χ4v) is 0.456. The molecule has 50 valence electrons. The van der Waals surface area contributed by atoms with Gasteiger partial charge < -0.3 is 12.4 Å². The highest BCUT2D eigenvalue weighted by molar-refractivity contribution is 6.29. The van der Waals surface area contributed by atoms with Gasteiger partial charge in [0.15, 0.2) is 5.15 Å². The van der Waals surface area contributed by atoms with Crippen molar-refractivity contribution < 1.29 is 17.5 Å². The maximum Gasteiger partial charge on any atom is 0.290 e. The van der Waals surface area contributed by atoms with Gasteiger partial charge in [-0.25, -0.2) is 0 Å². The summed E-state index contributed by atoms with van der Waals surface area (Å²) in [4.78, 5) is 0. The van der Waals surface area contributed by atoms with Gasteiger partial charge in [0.2, 0.25) is 0 Å². The number of aromatic nitrogens is 2. The monoisotopic (exact) mass is 165 g/mol. The molecule has 0 atom stereocenters. The number of rotatable bonds is 0. The van der Waals surface area contributed by atoms with Crippen molar-refractivity contribution in [3.8, 4) is 0 Å². The first-order valence-electron chi connectivity index (χ1n) is 2.09. The Morgan fingerprint density at radius 3 is 2.56 bits per heavy atom. The van der Waals surface area contributed by atoms with Crippen molar-refractivity contribution >= 4 is 17.4 Å². The summed E-state index contributed by atoms with van der Waals surface area (Å²) >= 11 is 5.41. The van der Waals surface area contributed by atoms with Crippen LogP contribution in [0.4, 0.5) is 5.82 Å². The van der Waals surface area contributed by atoms with Crippen molar-refractivity contribution in [1.82, 2.24) is 5.10 Å². The lowest BCUT2D eigenvalue weighted by atomic mass is 10.5. The van der Waals surface area contributed by atoms with Crippen LogP contribution in [0.15, 0.2) is 12.1 Å². The first kappa shape index (κ1) is 8.46. The minimum Gasteiger partial charge on any atom is -1.00 e. The van der Waals surface area contributed by atoms with Gasteiger partial charge >= 0.3 is 0 Å². The first-order valence-corrected chi connectivity index (χ1v) is 2.46. The molecule has 1 aromatic heterocycles. The molecule has 5 heteroatoms. The van der Waals surface area contributed by atoms with E-state index in [1.807, 2.05) is 0 Å². The summed E-state index contributed by atoms with van der Waals surface area (Å²) in [5.74, 6) is 0.509. The molecular formula is C4H5Cl2N3. The van der Waals surface area contributed by atoms with Crippen LogP contribution in [-0.2, 0) is 0 Å². The Labute approximate surface area is 63.6 Å². The molecule has 0 unspecified atom stereocenters. The second kappa shape index (κ2) is 3.48. The summed E-state index contributed by atoms with van der Waals surface area (Å²) in [7, 11) is 0. The minimum atomic E-state index is 0. The van der Waals surface area contributed by atoms with Crippen molar-refractivity contribution in [1.29, 1.82) is 0 Å². The van der Waals surface area contributed by atoms with Gasteiger partial charge in [-0.05, 0) is 6.07 Å². The highest BCUT2D eigenvalue weighted by atomic mass is 35.5. The van der Waals surface area contributed by atoms with E-state index in [1.165, 1.54) is 0 Å². The number of nitrogens with one attached hydrogen (secondary N) is 1. The van der Waals surface area contributed by atoms with E-state index in [0.717, 1.165) is 0 Å². The molecular weight excluding hydrogens is 161 g/mol. The van der Waals surface area contributed by atoms with Crippen LogP contribution in [0, 0.1) is 0 Å². The molecule has 0 aliphatic heterocycles. The number of hydrogen-bond donors (Lipinski definition) is 1. The van der Waals surface area contributed by atoms with E-state index >= 15 is 0 Å². The molecule has 0 spiro atoms. The summed E-state index contributed by atoms with van der Waals surface area (Å²) in [5, 5.41) is 6.51. The van der Waals surface area contributed by atoms with Crippen LogP contribution in [0.5, 0.6) is 0 Å². The molecule has 0 aliphatic carbocycles. The molecule has 0 aromatic carbocycles. The fraction of sp³-hybridized carbons (Fsp3) is 0. The van der Waals surface area contributed by atoms with Crippen LogP contribution in [0.3, 0.4) is 0 Å². The summed E-state index contributed by atoms with van der Waals surface area (Å²) < 4.78 is 0. The van der Waals surface area contributed by atoms with Crippen LogP contribution < -0.4 is 23.2 Å². The van der Waals surface area contributed by atoms with Crippen molar-refractivity contribution in [2.24, 2.45) is 0 Å². The van der Waals surface area contributed by atoms with Crippen molar-refractivity contribution in [2.75, 3.05) is 5.73 Å². The van der Waals surface area contributed by atoms with E-state index in [1.54, 1.807) is 12.1 Å². The molecule has 0 radical (unpaired) electrons. The summed E-state index contributed by atoms with van der Waals surface area (Å²) in [6, 6.07) is 3.27. The van der Waals surface area contributed by atoms with Gasteiger partial charge in [0, 0.05) is 6.07 Å². The summed E-state index contributed by atoms with van der Waals surface area (Å²) in [6.45, 7) is 0. The normalized spacial score (nSPS) is 8.11. The maximum atomic E-state index is 5.41. The molecule has 0 saturated carbocycles. The maximum absolute atomic E-state index is 5.41. The number of anilines is 1. The van der Waals surface area contributed by atoms with Crippen LogP contribution in [0.25, 0.3) is 0 Å². The van der Waals surface area contributed by atoms with Gasteiger partial charge in [0.05, 0.1) is 0 Å². The van der Waals surface area contributed by atoms with Gasteiger partial charge in [-0.1, -0.05) is 16.7 Å². The lowest BCUT2D eigenvalue weighted by Gasteiger charge is -1.81. The fourth-order valence-electron chi connectivity index (χ4n) is 0.351. The number of nitrogens with two attached hydrogens (primary N) is 1. The third kappa shape index (κ3) is 2.49. The molecule has 0 fully saturated rings. The quantitative estimate of drug-likeness (QED) is 0.450. The molecule has 3 N–H and O–H groups in total. The molecule has 1 rings (SSSR count). The lowest BCUT2D eigenvalue weighted by Crippen LogP contribution is -3.00. The second-order valence-corrected chi connectivity index (χ2v) is 1.72. The van der Waals surface area contributed by atoms with Crippen LogP contribution in [0.1, 0.15) is 0 Å². The Bertz CT molecular complexity index is 153. The highest BCUT2D eigenvalue weighted by Crippen LogP contribution is 1.98. The van der Waals surface area contributed by atoms with E-state index in [-0.39, 0.29) is 12.4 Å². The Balaban J connectivity index is 0.000000640. The number of halogens is 2. The predicted octanol–water partition coefficient (Wildman–Crippen LogP) is -2.86. The van der Waals surface area contributed by atoms with Crippen molar-refractivity contribution in [2.45, 2.75) is 0 Å². The second-order valence-electron chi connectivity index (χ2n) is 1.34. The number of hydrogen-bond acceptors (Lipinski definition) is 2. The third-order valence-corrected chi connectivity index (χ3v) is 0.903. The molecule has 0 saturated heterocycles. The Morgan fingerprint density at radius 1 is 1.56 bits per heavy atom. The Morgan fingerprint density at radius 2 is 2.22 bits per heavy atom. The SMILES string of the molecule is Nc1ccc(Cl)n[nH+]1.[Cl-]. The average Bonchev–Trinajstić information content (AvgIpc) is 1.77. The van der Waals surface area contributed by atoms with E-state index < -0.39 is 0 Å². The van der Waals surface area contributed by atoms with Crippen molar-refractivity contribution in [3.63, 3.8) is 0 Å². The molecule has 9 heavy (non-hydrogen) atoms. The summed E-state index contributed by atoms with van der Waals surface area (Å²) in [6.07, 6.45) is 0. The standard InChI is InChI=1S/C4H4ClN3.ClH/c5-3-1-2-4(6)8-7-3;/h1-2H,(H2,6,8);1H. The molecule has 1 heterocycles. The minimum absolute atomic E-state index is 0. The van der Waals surface area contributed by atoms with Crippen LogP contribution in [-0.4, -0.2) is 5.10 Å². The van der Waals surface area contributed by atoms with E-state index in [4.69, 9.17) is 17.3 Å². The van der Waals surface area contributed by atoms with Crippen LogP contribution in [0.2, 0.25) is 5.15 Å². The average molecular weight is 166 g/mol. The zero-order chi connectivity index (χ0) is 5.98. The molecule has 1 aromatic rings. The number of aromatic amines is 1. The zero-order valence-corrected chi connectivity index (χ0v) is 5.95. The third-order valence-electron chi connectivity index (χ3n) is 0.692. The van der Waals surface area contributed by atoms with E-state index in [2.05, 4.69) is 10.2 Å². The number of H-pyrrole nitrogens is 1. The van der Waals surface area contributed by atoms with Gasteiger partial charge in [0.25, 0.3) is 5.82 Å². The molecule has 3 nitrogen and oxygen atoms in total. The van der Waals surface area contributed by atoms with Gasteiger partial charge in [-0.3, -0.25) is 5.73 Å². The Kier molecular flexibility index (Phi) is 3.27. The molecule has 0 bridgehead atoms. The van der Waals surface area contributed by atoms with Gasteiger partial charge in [-0.15, -0.1) is 5.10 Å². The predicted molar refractivity (Wildman–Crippen MR) is 30.2 cm³/mol. The zero-order valence-electron chi connectivity index (χ0n) is 4.44. The number of nitrogen functional groups attached to an aromatic ring is 1. The highest BCUT2D eigenvalue weighted by Gasteiger charge is 1.90. The largest absolute Gasteiger partial charge is 1.00 e.